The van der Waals surface area contributed by atoms with Crippen molar-refractivity contribution in [2.45, 2.75) is 65.6 Å². The molecule has 0 aliphatic rings. The van der Waals surface area contributed by atoms with E-state index in [0.717, 1.165) is 27.6 Å². The second kappa shape index (κ2) is 12.9. The Balaban J connectivity index is 1.92. The molecule has 196 valence electrons. The van der Waals surface area contributed by atoms with E-state index in [4.69, 9.17) is 4.74 Å². The van der Waals surface area contributed by atoms with Crippen LogP contribution in [-0.4, -0.2) is 34.9 Å². The molecule has 3 aromatic rings. The van der Waals surface area contributed by atoms with Gasteiger partial charge < -0.3 is 15.0 Å². The quantitative estimate of drug-likeness (QED) is 0.316. The predicted molar refractivity (Wildman–Crippen MR) is 153 cm³/mol. The van der Waals surface area contributed by atoms with Crippen LogP contribution in [0.4, 0.5) is 0 Å². The summed E-state index contributed by atoms with van der Waals surface area (Å²) in [4.78, 5) is 29.0. The summed E-state index contributed by atoms with van der Waals surface area (Å²) in [5.41, 5.74) is 3.81. The number of hydrogen-bond acceptors (Lipinski definition) is 3. The monoisotopic (exact) mass is 564 g/mol. The van der Waals surface area contributed by atoms with Crippen LogP contribution in [0.25, 0.3) is 0 Å². The number of ether oxygens (including phenoxy) is 1. The highest BCUT2D eigenvalue weighted by Crippen LogP contribution is 2.26. The molecular weight excluding hydrogens is 528 g/mol. The second-order valence-electron chi connectivity index (χ2n) is 10.4. The normalized spacial score (nSPS) is 12.1. The van der Waals surface area contributed by atoms with Crippen molar-refractivity contribution in [1.29, 1.82) is 0 Å². The lowest BCUT2D eigenvalue weighted by molar-refractivity contribution is -0.143. The molecule has 2 amide bonds. The highest BCUT2D eigenvalue weighted by molar-refractivity contribution is 9.10. The van der Waals surface area contributed by atoms with Crippen molar-refractivity contribution in [2.24, 2.45) is 0 Å². The molecule has 0 saturated heterocycles. The third kappa shape index (κ3) is 8.74. The van der Waals surface area contributed by atoms with E-state index in [1.807, 2.05) is 100 Å². The van der Waals surface area contributed by atoms with Gasteiger partial charge in [-0.25, -0.2) is 0 Å². The first kappa shape index (κ1) is 28.5. The molecule has 1 atom stereocenters. The topological polar surface area (TPSA) is 58.6 Å². The number of amides is 2. The minimum absolute atomic E-state index is 0.177. The van der Waals surface area contributed by atoms with Gasteiger partial charge in [-0.15, -0.1) is 0 Å². The van der Waals surface area contributed by atoms with Gasteiger partial charge in [0.15, 0.2) is 6.61 Å². The Hall–Kier alpha value is -3.12. The average molecular weight is 566 g/mol. The van der Waals surface area contributed by atoms with Crippen LogP contribution in [-0.2, 0) is 29.0 Å². The van der Waals surface area contributed by atoms with Crippen molar-refractivity contribution in [3.8, 4) is 5.75 Å². The molecule has 0 fully saturated rings. The average Bonchev–Trinajstić information content (AvgIpc) is 2.85. The summed E-state index contributed by atoms with van der Waals surface area (Å²) in [6.07, 6.45) is 1.31. The molecule has 0 aliphatic carbocycles. The zero-order valence-corrected chi connectivity index (χ0v) is 24.0. The molecular formula is C31H37BrN2O3. The van der Waals surface area contributed by atoms with Crippen molar-refractivity contribution in [3.63, 3.8) is 0 Å². The fourth-order valence-electron chi connectivity index (χ4n) is 4.00. The molecule has 3 aromatic carbocycles. The van der Waals surface area contributed by atoms with Gasteiger partial charge in [0, 0.05) is 18.5 Å². The molecule has 0 radical (unpaired) electrons. The lowest BCUT2D eigenvalue weighted by Gasteiger charge is -2.33. The summed E-state index contributed by atoms with van der Waals surface area (Å²) < 4.78 is 6.75. The van der Waals surface area contributed by atoms with Gasteiger partial charge in [0.05, 0.1) is 4.47 Å². The van der Waals surface area contributed by atoms with Crippen molar-refractivity contribution in [2.75, 3.05) is 6.61 Å². The van der Waals surface area contributed by atoms with Gasteiger partial charge in [-0.05, 0) is 78.9 Å². The van der Waals surface area contributed by atoms with Crippen LogP contribution >= 0.6 is 15.9 Å². The molecule has 0 heterocycles. The molecule has 3 rings (SSSR count). The van der Waals surface area contributed by atoms with E-state index in [9.17, 15) is 9.59 Å². The van der Waals surface area contributed by atoms with Gasteiger partial charge in [-0.3, -0.25) is 9.59 Å². The van der Waals surface area contributed by atoms with Gasteiger partial charge in [-0.1, -0.05) is 73.2 Å². The van der Waals surface area contributed by atoms with Crippen LogP contribution in [0.2, 0.25) is 0 Å². The fourth-order valence-corrected chi connectivity index (χ4v) is 4.54. The maximum atomic E-state index is 13.7. The van der Waals surface area contributed by atoms with E-state index in [-0.39, 0.29) is 18.4 Å². The van der Waals surface area contributed by atoms with E-state index in [1.54, 1.807) is 4.90 Å². The molecule has 0 saturated carbocycles. The summed E-state index contributed by atoms with van der Waals surface area (Å²) in [6, 6.07) is 23.0. The molecule has 0 aliphatic heterocycles. The number of aryl methyl sites for hydroxylation is 2. The van der Waals surface area contributed by atoms with Crippen LogP contribution in [0.3, 0.4) is 0 Å². The third-order valence-electron chi connectivity index (χ3n) is 6.00. The number of rotatable bonds is 10. The number of nitrogens with zero attached hydrogens (tertiary/aromatic N) is 1. The van der Waals surface area contributed by atoms with E-state index >= 15 is 0 Å². The first-order valence-corrected chi connectivity index (χ1v) is 13.5. The Labute approximate surface area is 229 Å². The smallest absolute Gasteiger partial charge is 0.261 e. The maximum Gasteiger partial charge on any atom is 0.261 e. The Morgan fingerprint density at radius 1 is 0.946 bits per heavy atom. The Morgan fingerprint density at radius 3 is 2.19 bits per heavy atom. The zero-order valence-electron chi connectivity index (χ0n) is 22.4. The molecule has 0 unspecified atom stereocenters. The Morgan fingerprint density at radius 2 is 1.59 bits per heavy atom. The van der Waals surface area contributed by atoms with Crippen molar-refractivity contribution < 1.29 is 14.3 Å². The van der Waals surface area contributed by atoms with Gasteiger partial charge in [-0.2, -0.15) is 0 Å². The summed E-state index contributed by atoms with van der Waals surface area (Å²) >= 11 is 3.55. The fraction of sp³-hybridized carbons (Fsp3) is 0.355. The van der Waals surface area contributed by atoms with Crippen molar-refractivity contribution >= 4 is 27.7 Å². The summed E-state index contributed by atoms with van der Waals surface area (Å²) in [5, 5.41) is 3.08. The number of nitrogens with one attached hydrogen (secondary N) is 1. The van der Waals surface area contributed by atoms with E-state index < -0.39 is 11.6 Å². The minimum Gasteiger partial charge on any atom is -0.483 e. The van der Waals surface area contributed by atoms with Crippen LogP contribution in [0, 0.1) is 6.92 Å². The third-order valence-corrected chi connectivity index (χ3v) is 6.62. The van der Waals surface area contributed by atoms with Crippen molar-refractivity contribution in [1.82, 2.24) is 10.2 Å². The lowest BCUT2D eigenvalue weighted by Crippen LogP contribution is -2.55. The number of hydrogen-bond donors (Lipinski definition) is 1. The first-order chi connectivity index (χ1) is 17.6. The molecule has 0 bridgehead atoms. The number of benzene rings is 3. The number of carbonyl (C=O) groups excluding carboxylic acids is 2. The van der Waals surface area contributed by atoms with Gasteiger partial charge in [0.2, 0.25) is 5.91 Å². The summed E-state index contributed by atoms with van der Waals surface area (Å²) in [5.74, 6) is 0.155. The zero-order chi connectivity index (χ0) is 27.0. The Bertz CT molecular complexity index is 1190. The summed E-state index contributed by atoms with van der Waals surface area (Å²) in [7, 11) is 0. The van der Waals surface area contributed by atoms with Gasteiger partial charge >= 0.3 is 0 Å². The maximum absolute atomic E-state index is 13.7. The van der Waals surface area contributed by atoms with Crippen LogP contribution in [0.5, 0.6) is 5.75 Å². The highest BCUT2D eigenvalue weighted by atomic mass is 79.9. The van der Waals surface area contributed by atoms with Crippen molar-refractivity contribution in [3.05, 3.63) is 99.5 Å². The number of carbonyl (C=O) groups is 2. The van der Waals surface area contributed by atoms with Gasteiger partial charge in [0.1, 0.15) is 11.8 Å². The van der Waals surface area contributed by atoms with E-state index in [2.05, 4.69) is 28.2 Å². The number of halogens is 1. The molecule has 37 heavy (non-hydrogen) atoms. The van der Waals surface area contributed by atoms with E-state index in [0.29, 0.717) is 18.7 Å². The molecule has 0 aromatic heterocycles. The summed E-state index contributed by atoms with van der Waals surface area (Å²) in [6.45, 7) is 10.1. The van der Waals surface area contributed by atoms with Crippen LogP contribution < -0.4 is 10.1 Å². The lowest BCUT2D eigenvalue weighted by atomic mass is 10.0. The largest absolute Gasteiger partial charge is 0.483 e. The standard InChI is InChI=1S/C31H37BrN2O3/c1-6-23-16-17-28(26(32)18-23)37-21-29(35)34(20-25-14-12-22(2)13-15-25)27(30(36)33-31(3,4)5)19-24-10-8-7-9-11-24/h7-18,27H,6,19-21H2,1-5H3,(H,33,36)/t27-/m1/s1. The SMILES string of the molecule is CCc1ccc(OCC(=O)N(Cc2ccc(C)cc2)[C@H](Cc2ccccc2)C(=O)NC(C)(C)C)c(Br)c1. The van der Waals surface area contributed by atoms with Gasteiger partial charge in [0.25, 0.3) is 5.91 Å². The highest BCUT2D eigenvalue weighted by Gasteiger charge is 2.32. The predicted octanol–water partition coefficient (Wildman–Crippen LogP) is 6.25. The molecule has 5 nitrogen and oxygen atoms in total. The molecule has 1 N–H and O–H groups in total. The minimum atomic E-state index is -0.704. The molecule has 0 spiro atoms. The van der Waals surface area contributed by atoms with Crippen LogP contribution in [0.1, 0.15) is 49.9 Å². The first-order valence-electron chi connectivity index (χ1n) is 12.7. The second-order valence-corrected chi connectivity index (χ2v) is 11.2. The van der Waals surface area contributed by atoms with E-state index in [1.165, 1.54) is 5.56 Å². The van der Waals surface area contributed by atoms with Crippen LogP contribution in [0.15, 0.2) is 77.3 Å². The molecule has 6 heteroatoms. The Kier molecular flexibility index (Phi) is 9.93.